The van der Waals surface area contributed by atoms with E-state index in [9.17, 15) is 19.5 Å². The van der Waals surface area contributed by atoms with E-state index in [1.165, 1.54) is 5.56 Å². The lowest BCUT2D eigenvalue weighted by molar-refractivity contribution is -0.127. The van der Waals surface area contributed by atoms with Crippen molar-refractivity contribution in [1.29, 1.82) is 0 Å². The van der Waals surface area contributed by atoms with Crippen molar-refractivity contribution < 1.29 is 24.2 Å². The van der Waals surface area contributed by atoms with Gasteiger partial charge in [-0.25, -0.2) is 9.59 Å². The van der Waals surface area contributed by atoms with Crippen molar-refractivity contribution in [3.05, 3.63) is 64.7 Å². The molecule has 2 aliphatic heterocycles. The molecule has 198 valence electrons. The molecule has 4 rings (SSSR count). The van der Waals surface area contributed by atoms with Crippen LogP contribution in [0.2, 0.25) is 0 Å². The van der Waals surface area contributed by atoms with Gasteiger partial charge in [-0.15, -0.1) is 0 Å². The Balaban J connectivity index is 1.28. The predicted molar refractivity (Wildman–Crippen MR) is 141 cm³/mol. The van der Waals surface area contributed by atoms with Crippen LogP contribution in [-0.2, 0) is 29.0 Å². The van der Waals surface area contributed by atoms with E-state index in [0.717, 1.165) is 42.9 Å². The molecule has 8 nitrogen and oxygen atoms in total. The summed E-state index contributed by atoms with van der Waals surface area (Å²) in [6.07, 6.45) is 1.67. The predicted octanol–water partition coefficient (Wildman–Crippen LogP) is 4.92. The molecule has 0 radical (unpaired) electrons. The maximum absolute atomic E-state index is 13.1. The molecule has 0 aromatic heterocycles. The van der Waals surface area contributed by atoms with E-state index in [-0.39, 0.29) is 12.0 Å². The molecule has 0 aliphatic carbocycles. The molecule has 2 heterocycles. The molecule has 8 heteroatoms. The molecule has 0 spiro atoms. The van der Waals surface area contributed by atoms with E-state index in [4.69, 9.17) is 4.74 Å². The van der Waals surface area contributed by atoms with Crippen LogP contribution in [-0.4, -0.2) is 58.1 Å². The average molecular weight is 508 g/mol. The minimum absolute atomic E-state index is 0.0301. The van der Waals surface area contributed by atoms with Crippen LogP contribution in [0.15, 0.2) is 42.5 Å². The van der Waals surface area contributed by atoms with Crippen LogP contribution >= 0.6 is 0 Å². The first-order valence-electron chi connectivity index (χ1n) is 12.9. The number of carboxylic acids is 1. The summed E-state index contributed by atoms with van der Waals surface area (Å²) in [7, 11) is 0. The Morgan fingerprint density at radius 1 is 1.00 bits per heavy atom. The molecule has 2 N–H and O–H groups in total. The molecule has 0 bridgehead atoms. The summed E-state index contributed by atoms with van der Waals surface area (Å²) >= 11 is 0. The number of rotatable bonds is 5. The SMILES string of the molecule is CC(C)(C)OC(=O)N1CCC(C)(C(=O)Nc2ccc(CN3CCc4cc(C(=O)O)ccc4C3)cc2)CC1. The van der Waals surface area contributed by atoms with E-state index in [0.29, 0.717) is 31.5 Å². The summed E-state index contributed by atoms with van der Waals surface area (Å²) in [4.78, 5) is 40.7. The number of carbonyl (C=O) groups excluding carboxylic acids is 2. The molecule has 0 saturated carbocycles. The second kappa shape index (κ2) is 10.5. The third-order valence-corrected chi connectivity index (χ3v) is 7.23. The van der Waals surface area contributed by atoms with E-state index in [2.05, 4.69) is 10.2 Å². The molecule has 1 fully saturated rings. The van der Waals surface area contributed by atoms with Gasteiger partial charge in [0.25, 0.3) is 0 Å². The first kappa shape index (κ1) is 26.7. The number of anilines is 1. The Kier molecular flexibility index (Phi) is 7.59. The van der Waals surface area contributed by atoms with Crippen molar-refractivity contribution in [1.82, 2.24) is 9.80 Å². The summed E-state index contributed by atoms with van der Waals surface area (Å²) in [5.41, 5.74) is 3.46. The smallest absolute Gasteiger partial charge is 0.410 e. The number of aromatic carboxylic acids is 1. The zero-order chi connectivity index (χ0) is 26.8. The van der Waals surface area contributed by atoms with Gasteiger partial charge in [-0.3, -0.25) is 9.69 Å². The highest BCUT2D eigenvalue weighted by molar-refractivity contribution is 5.95. The van der Waals surface area contributed by atoms with E-state index in [1.807, 2.05) is 58.0 Å². The molecule has 37 heavy (non-hydrogen) atoms. The standard InChI is InChI=1S/C29H37N3O5/c1-28(2,3)37-27(36)32-15-12-29(4,13-16-32)26(35)30-24-9-5-20(6-10-24)18-31-14-11-21-17-22(25(33)34)7-8-23(21)19-31/h5-10,17H,11-16,18-19H2,1-4H3,(H,30,35)(H,33,34). The number of carbonyl (C=O) groups is 3. The summed E-state index contributed by atoms with van der Waals surface area (Å²) in [5.74, 6) is -0.921. The van der Waals surface area contributed by atoms with Gasteiger partial charge in [0.2, 0.25) is 5.91 Å². The van der Waals surface area contributed by atoms with Crippen LogP contribution in [0.5, 0.6) is 0 Å². The van der Waals surface area contributed by atoms with Gasteiger partial charge in [0.1, 0.15) is 5.60 Å². The van der Waals surface area contributed by atoms with Crippen molar-refractivity contribution >= 4 is 23.7 Å². The van der Waals surface area contributed by atoms with Gasteiger partial charge in [-0.05, 0) is 81.0 Å². The Morgan fingerprint density at radius 2 is 1.68 bits per heavy atom. The molecular weight excluding hydrogens is 470 g/mol. The zero-order valence-corrected chi connectivity index (χ0v) is 22.2. The second-order valence-corrected chi connectivity index (χ2v) is 11.4. The van der Waals surface area contributed by atoms with Crippen LogP contribution in [0.4, 0.5) is 10.5 Å². The van der Waals surface area contributed by atoms with Gasteiger partial charge in [0, 0.05) is 38.4 Å². The molecule has 2 aromatic rings. The maximum atomic E-state index is 13.1. The first-order valence-corrected chi connectivity index (χ1v) is 12.9. The lowest BCUT2D eigenvalue weighted by Crippen LogP contribution is -2.48. The molecule has 2 aliphatic rings. The van der Waals surface area contributed by atoms with Crippen LogP contribution in [0.25, 0.3) is 0 Å². The largest absolute Gasteiger partial charge is 0.478 e. The van der Waals surface area contributed by atoms with Gasteiger partial charge < -0.3 is 20.1 Å². The number of hydrogen-bond donors (Lipinski definition) is 2. The summed E-state index contributed by atoms with van der Waals surface area (Å²) in [6, 6.07) is 13.3. The van der Waals surface area contributed by atoms with Crippen molar-refractivity contribution in [2.75, 3.05) is 25.0 Å². The number of ether oxygens (including phenoxy) is 1. The highest BCUT2D eigenvalue weighted by Crippen LogP contribution is 2.33. The minimum Gasteiger partial charge on any atom is -0.478 e. The lowest BCUT2D eigenvalue weighted by atomic mass is 9.79. The fourth-order valence-electron chi connectivity index (χ4n) is 4.85. The molecule has 2 amide bonds. The van der Waals surface area contributed by atoms with Crippen molar-refractivity contribution in [3.8, 4) is 0 Å². The van der Waals surface area contributed by atoms with Gasteiger partial charge in [0.05, 0.1) is 11.0 Å². The van der Waals surface area contributed by atoms with E-state index >= 15 is 0 Å². The van der Waals surface area contributed by atoms with Crippen LogP contribution in [0.3, 0.4) is 0 Å². The zero-order valence-electron chi connectivity index (χ0n) is 22.2. The second-order valence-electron chi connectivity index (χ2n) is 11.4. The Labute approximate surface area is 218 Å². The number of amides is 2. The Hall–Kier alpha value is -3.39. The fraction of sp³-hybridized carbons (Fsp3) is 0.483. The number of piperidine rings is 1. The van der Waals surface area contributed by atoms with E-state index in [1.54, 1.807) is 17.0 Å². The number of hydrogen-bond acceptors (Lipinski definition) is 5. The topological polar surface area (TPSA) is 99.2 Å². The number of nitrogens with one attached hydrogen (secondary N) is 1. The minimum atomic E-state index is -0.891. The average Bonchev–Trinajstić information content (AvgIpc) is 2.84. The Morgan fingerprint density at radius 3 is 2.30 bits per heavy atom. The molecule has 1 saturated heterocycles. The van der Waals surface area contributed by atoms with Gasteiger partial charge in [0.15, 0.2) is 0 Å². The van der Waals surface area contributed by atoms with Crippen LogP contribution < -0.4 is 5.32 Å². The Bertz CT molecular complexity index is 1160. The highest BCUT2D eigenvalue weighted by Gasteiger charge is 2.39. The molecule has 2 aromatic carbocycles. The maximum Gasteiger partial charge on any atom is 0.410 e. The number of fused-ring (bicyclic) bond motifs is 1. The van der Waals surface area contributed by atoms with Gasteiger partial charge in [-0.2, -0.15) is 0 Å². The first-order chi connectivity index (χ1) is 17.4. The third-order valence-electron chi connectivity index (χ3n) is 7.23. The summed E-state index contributed by atoms with van der Waals surface area (Å²) in [5, 5.41) is 12.3. The van der Waals surface area contributed by atoms with Gasteiger partial charge in [-0.1, -0.05) is 25.1 Å². The van der Waals surface area contributed by atoms with E-state index < -0.39 is 17.0 Å². The molecule has 0 unspecified atom stereocenters. The fourth-order valence-corrected chi connectivity index (χ4v) is 4.85. The van der Waals surface area contributed by atoms with Crippen molar-refractivity contribution in [3.63, 3.8) is 0 Å². The van der Waals surface area contributed by atoms with Crippen LogP contribution in [0, 0.1) is 5.41 Å². The number of carboxylic acid groups (broad SMARTS) is 1. The van der Waals surface area contributed by atoms with Crippen molar-refractivity contribution in [2.24, 2.45) is 5.41 Å². The highest BCUT2D eigenvalue weighted by atomic mass is 16.6. The normalized spacial score (nSPS) is 17.6. The van der Waals surface area contributed by atoms with Crippen molar-refractivity contribution in [2.45, 2.75) is 65.6 Å². The number of nitrogens with zero attached hydrogens (tertiary/aromatic N) is 2. The number of benzene rings is 2. The third kappa shape index (κ3) is 6.68. The molecular formula is C29H37N3O5. The summed E-state index contributed by atoms with van der Waals surface area (Å²) < 4.78 is 5.46. The lowest BCUT2D eigenvalue weighted by Gasteiger charge is -2.38. The summed E-state index contributed by atoms with van der Waals surface area (Å²) in [6.45, 7) is 10.9. The van der Waals surface area contributed by atoms with Gasteiger partial charge >= 0.3 is 12.1 Å². The monoisotopic (exact) mass is 507 g/mol. The number of likely N-dealkylation sites (tertiary alicyclic amines) is 1. The van der Waals surface area contributed by atoms with Crippen LogP contribution in [0.1, 0.15) is 67.6 Å². The molecule has 0 atom stereocenters. The quantitative estimate of drug-likeness (QED) is 0.596.